The summed E-state index contributed by atoms with van der Waals surface area (Å²) >= 11 is 0. The molecule has 1 N–H and O–H groups in total. The van der Waals surface area contributed by atoms with Crippen molar-refractivity contribution in [3.8, 4) is 0 Å². The van der Waals surface area contributed by atoms with Gasteiger partial charge in [0.1, 0.15) is 0 Å². The van der Waals surface area contributed by atoms with E-state index in [-0.39, 0.29) is 18.4 Å². The summed E-state index contributed by atoms with van der Waals surface area (Å²) in [7, 11) is 0. The number of rotatable bonds is 5. The Hall–Kier alpha value is -2.66. The maximum atomic E-state index is 12.4. The van der Waals surface area contributed by atoms with Gasteiger partial charge in [-0.05, 0) is 24.1 Å². The average Bonchev–Trinajstić information content (AvgIpc) is 2.93. The Bertz CT molecular complexity index is 719. The van der Waals surface area contributed by atoms with Crippen LogP contribution in [0.1, 0.15) is 22.3 Å². The first-order valence-corrected chi connectivity index (χ1v) is 9.10. The van der Waals surface area contributed by atoms with Crippen molar-refractivity contribution in [1.29, 1.82) is 0 Å². The normalized spacial score (nSPS) is 15.3. The van der Waals surface area contributed by atoms with Gasteiger partial charge in [0.15, 0.2) is 0 Å². The van der Waals surface area contributed by atoms with Crippen LogP contribution in [0.25, 0.3) is 0 Å². The highest BCUT2D eigenvalue weighted by molar-refractivity contribution is 5.96. The summed E-state index contributed by atoms with van der Waals surface area (Å²) in [5.41, 5.74) is 1.87. The largest absolute Gasteiger partial charge is 0.343 e. The predicted octanol–water partition coefficient (Wildman–Crippen LogP) is 2.15. The molecular formula is C21H25N3O2. The number of carbonyl (C=O) groups is 2. The average molecular weight is 351 g/mol. The van der Waals surface area contributed by atoms with Crippen molar-refractivity contribution >= 4 is 11.8 Å². The molecule has 26 heavy (non-hydrogen) atoms. The zero-order valence-electron chi connectivity index (χ0n) is 14.9. The number of carbonyl (C=O) groups excluding carboxylic acids is 2. The fraction of sp³-hybridized carbons (Fsp3) is 0.333. The van der Waals surface area contributed by atoms with Crippen LogP contribution < -0.4 is 5.32 Å². The summed E-state index contributed by atoms with van der Waals surface area (Å²) in [5.74, 6) is -0.227. The molecule has 0 radical (unpaired) electrons. The molecule has 1 aliphatic rings. The second-order valence-electron chi connectivity index (χ2n) is 6.54. The predicted molar refractivity (Wildman–Crippen MR) is 102 cm³/mol. The number of amides is 2. The van der Waals surface area contributed by atoms with Crippen LogP contribution in [-0.2, 0) is 11.3 Å². The minimum atomic E-state index is -0.209. The fourth-order valence-electron chi connectivity index (χ4n) is 3.18. The van der Waals surface area contributed by atoms with Gasteiger partial charge in [0.25, 0.3) is 5.91 Å². The molecule has 2 aromatic carbocycles. The zero-order valence-corrected chi connectivity index (χ0v) is 14.9. The molecule has 0 saturated carbocycles. The summed E-state index contributed by atoms with van der Waals surface area (Å²) in [6.45, 7) is 4.24. The van der Waals surface area contributed by atoms with Crippen molar-refractivity contribution in [2.75, 3.05) is 32.7 Å². The van der Waals surface area contributed by atoms with Crippen LogP contribution in [0.5, 0.6) is 0 Å². The monoisotopic (exact) mass is 351 g/mol. The van der Waals surface area contributed by atoms with E-state index < -0.39 is 0 Å². The lowest BCUT2D eigenvalue weighted by Gasteiger charge is -2.22. The first kappa shape index (κ1) is 18.1. The highest BCUT2D eigenvalue weighted by Crippen LogP contribution is 2.09. The lowest BCUT2D eigenvalue weighted by atomic mass is 10.2. The molecule has 0 aromatic heterocycles. The van der Waals surface area contributed by atoms with E-state index in [1.54, 1.807) is 12.1 Å². The topological polar surface area (TPSA) is 52.7 Å². The number of hydrogen-bond acceptors (Lipinski definition) is 3. The lowest BCUT2D eigenvalue weighted by molar-refractivity contribution is -0.130. The third kappa shape index (κ3) is 5.17. The summed E-state index contributed by atoms with van der Waals surface area (Å²) in [5, 5.41) is 2.72. The van der Waals surface area contributed by atoms with Crippen LogP contribution in [0, 0.1) is 0 Å². The molecule has 2 aromatic rings. The molecule has 0 aliphatic carbocycles. The quantitative estimate of drug-likeness (QED) is 0.898. The van der Waals surface area contributed by atoms with Crippen molar-refractivity contribution in [1.82, 2.24) is 15.1 Å². The van der Waals surface area contributed by atoms with Crippen molar-refractivity contribution in [3.63, 3.8) is 0 Å². The molecule has 1 aliphatic heterocycles. The molecule has 1 heterocycles. The van der Waals surface area contributed by atoms with E-state index in [9.17, 15) is 9.59 Å². The number of nitrogens with zero attached hydrogens (tertiary/aromatic N) is 2. The van der Waals surface area contributed by atoms with E-state index >= 15 is 0 Å². The summed E-state index contributed by atoms with van der Waals surface area (Å²) in [4.78, 5) is 28.7. The third-order valence-corrected chi connectivity index (χ3v) is 4.63. The van der Waals surface area contributed by atoms with Crippen LogP contribution in [0.2, 0.25) is 0 Å². The fourth-order valence-corrected chi connectivity index (χ4v) is 3.18. The minimum Gasteiger partial charge on any atom is -0.343 e. The van der Waals surface area contributed by atoms with Crippen molar-refractivity contribution in [2.24, 2.45) is 0 Å². The Morgan fingerprint density at radius 1 is 0.846 bits per heavy atom. The molecule has 5 heteroatoms. The third-order valence-electron chi connectivity index (χ3n) is 4.63. The second kappa shape index (κ2) is 9.15. The molecule has 5 nitrogen and oxygen atoms in total. The molecular weight excluding hydrogens is 326 g/mol. The van der Waals surface area contributed by atoms with Crippen molar-refractivity contribution in [2.45, 2.75) is 13.0 Å². The Kier molecular flexibility index (Phi) is 6.39. The van der Waals surface area contributed by atoms with Crippen LogP contribution >= 0.6 is 0 Å². The molecule has 2 amide bonds. The van der Waals surface area contributed by atoms with Gasteiger partial charge in [0.2, 0.25) is 5.91 Å². The van der Waals surface area contributed by atoms with Gasteiger partial charge in [-0.3, -0.25) is 14.5 Å². The van der Waals surface area contributed by atoms with Gasteiger partial charge < -0.3 is 10.2 Å². The molecule has 0 unspecified atom stereocenters. The maximum absolute atomic E-state index is 12.4. The van der Waals surface area contributed by atoms with Gasteiger partial charge in [-0.15, -0.1) is 0 Å². The van der Waals surface area contributed by atoms with E-state index in [4.69, 9.17) is 0 Å². The Labute approximate surface area is 154 Å². The number of nitrogens with one attached hydrogen (secondary N) is 1. The molecule has 1 fully saturated rings. The Morgan fingerprint density at radius 2 is 1.54 bits per heavy atom. The summed E-state index contributed by atoms with van der Waals surface area (Å²) in [6.07, 6.45) is 0.950. The minimum absolute atomic E-state index is 0.0177. The smallest absolute Gasteiger partial charge is 0.251 e. The molecule has 0 bridgehead atoms. The highest BCUT2D eigenvalue weighted by atomic mass is 16.2. The van der Waals surface area contributed by atoms with E-state index in [2.05, 4.69) is 34.5 Å². The van der Waals surface area contributed by atoms with Gasteiger partial charge in [-0.2, -0.15) is 0 Å². The number of benzene rings is 2. The van der Waals surface area contributed by atoms with Gasteiger partial charge >= 0.3 is 0 Å². The van der Waals surface area contributed by atoms with Crippen LogP contribution in [0.4, 0.5) is 0 Å². The maximum Gasteiger partial charge on any atom is 0.251 e. The van der Waals surface area contributed by atoms with Gasteiger partial charge in [0, 0.05) is 38.3 Å². The Morgan fingerprint density at radius 3 is 2.27 bits per heavy atom. The van der Waals surface area contributed by atoms with Gasteiger partial charge in [0.05, 0.1) is 6.54 Å². The van der Waals surface area contributed by atoms with E-state index in [1.807, 2.05) is 29.2 Å². The van der Waals surface area contributed by atoms with Gasteiger partial charge in [-0.25, -0.2) is 0 Å². The molecule has 0 atom stereocenters. The van der Waals surface area contributed by atoms with Crippen LogP contribution in [0.15, 0.2) is 60.7 Å². The molecule has 3 rings (SSSR count). The first-order valence-electron chi connectivity index (χ1n) is 9.10. The standard InChI is InChI=1S/C21H25N3O2/c25-20(16-22-21(26)19-10-5-2-6-11-19)24-13-7-12-23(14-15-24)17-18-8-3-1-4-9-18/h1-6,8-11H,7,12-17H2,(H,22,26). The highest BCUT2D eigenvalue weighted by Gasteiger charge is 2.19. The lowest BCUT2D eigenvalue weighted by Crippen LogP contribution is -2.42. The summed E-state index contributed by atoms with van der Waals surface area (Å²) in [6, 6.07) is 19.4. The number of hydrogen-bond donors (Lipinski definition) is 1. The van der Waals surface area contributed by atoms with Crippen LogP contribution in [-0.4, -0.2) is 54.3 Å². The van der Waals surface area contributed by atoms with Crippen molar-refractivity contribution in [3.05, 3.63) is 71.8 Å². The molecule has 1 saturated heterocycles. The van der Waals surface area contributed by atoms with E-state index in [0.29, 0.717) is 12.1 Å². The second-order valence-corrected chi connectivity index (χ2v) is 6.54. The van der Waals surface area contributed by atoms with E-state index in [1.165, 1.54) is 5.56 Å². The summed E-state index contributed by atoms with van der Waals surface area (Å²) < 4.78 is 0. The molecule has 0 spiro atoms. The van der Waals surface area contributed by atoms with Gasteiger partial charge in [-0.1, -0.05) is 48.5 Å². The van der Waals surface area contributed by atoms with E-state index in [0.717, 1.165) is 32.6 Å². The zero-order chi connectivity index (χ0) is 18.2. The van der Waals surface area contributed by atoms with Crippen LogP contribution in [0.3, 0.4) is 0 Å². The Balaban J connectivity index is 1.46. The molecule has 136 valence electrons. The van der Waals surface area contributed by atoms with Crippen molar-refractivity contribution < 1.29 is 9.59 Å². The SMILES string of the molecule is O=C(NCC(=O)N1CCCN(Cc2ccccc2)CC1)c1ccccc1. The first-order chi connectivity index (χ1) is 12.7.